The van der Waals surface area contributed by atoms with Gasteiger partial charge in [0.05, 0.1) is 5.75 Å². The lowest BCUT2D eigenvalue weighted by Gasteiger charge is -2.06. The molecule has 0 spiro atoms. The molecule has 1 aromatic carbocycles. The predicted molar refractivity (Wildman–Crippen MR) is 70.7 cm³/mol. The third kappa shape index (κ3) is 4.46. The number of hydrogen-bond acceptors (Lipinski definition) is 3. The highest BCUT2D eigenvalue weighted by Gasteiger charge is 2.08. The Labute approximate surface area is 108 Å². The first-order valence-corrected chi connectivity index (χ1v) is 7.42. The summed E-state index contributed by atoms with van der Waals surface area (Å²) >= 11 is 0. The van der Waals surface area contributed by atoms with Crippen molar-refractivity contribution in [1.29, 1.82) is 0 Å². The molecule has 1 amide bonds. The minimum Gasteiger partial charge on any atom is -0.355 e. The largest absolute Gasteiger partial charge is 0.355 e. The molecule has 0 aliphatic heterocycles. The monoisotopic (exact) mass is 270 g/mol. The zero-order valence-electron chi connectivity index (χ0n) is 10.6. The quantitative estimate of drug-likeness (QED) is 0.805. The van der Waals surface area contributed by atoms with Crippen LogP contribution in [0.1, 0.15) is 29.3 Å². The number of carbonyl (C=O) groups excluding carboxylic acids is 1. The molecule has 0 unspecified atom stereocenters. The molecule has 0 aliphatic rings. The lowest BCUT2D eigenvalue weighted by molar-refractivity contribution is 0.0963. The summed E-state index contributed by atoms with van der Waals surface area (Å²) in [5, 5.41) is 2.52. The molecule has 0 bridgehead atoms. The Morgan fingerprint density at radius 2 is 1.83 bits per heavy atom. The standard InChI is InChI=1S/C12H18N2O3S/c1-3-8-18(16,17)14-9-10-4-6-11(7-5-10)12(15)13-2/h4-7,14H,3,8-9H2,1-2H3,(H,13,15). The van der Waals surface area contributed by atoms with E-state index in [-0.39, 0.29) is 18.2 Å². The van der Waals surface area contributed by atoms with Crippen LogP contribution in [0.5, 0.6) is 0 Å². The van der Waals surface area contributed by atoms with Crippen LogP contribution < -0.4 is 10.0 Å². The van der Waals surface area contributed by atoms with Crippen LogP contribution >= 0.6 is 0 Å². The lowest BCUT2D eigenvalue weighted by atomic mass is 10.1. The van der Waals surface area contributed by atoms with Gasteiger partial charge < -0.3 is 5.32 Å². The van der Waals surface area contributed by atoms with E-state index in [1.165, 1.54) is 0 Å². The fourth-order valence-corrected chi connectivity index (χ4v) is 2.52. The number of rotatable bonds is 6. The number of sulfonamides is 1. The minimum absolute atomic E-state index is 0.128. The van der Waals surface area contributed by atoms with Crippen molar-refractivity contribution in [1.82, 2.24) is 10.0 Å². The average Bonchev–Trinajstić information content (AvgIpc) is 2.36. The summed E-state index contributed by atoms with van der Waals surface area (Å²) in [5.41, 5.74) is 1.37. The first-order chi connectivity index (χ1) is 8.48. The molecule has 2 N–H and O–H groups in total. The number of carbonyl (C=O) groups is 1. The highest BCUT2D eigenvalue weighted by Crippen LogP contribution is 2.05. The first-order valence-electron chi connectivity index (χ1n) is 5.77. The van der Waals surface area contributed by atoms with Crippen LogP contribution in [0, 0.1) is 0 Å². The molecule has 1 aromatic rings. The van der Waals surface area contributed by atoms with Crippen LogP contribution in [0.15, 0.2) is 24.3 Å². The van der Waals surface area contributed by atoms with Gasteiger partial charge in [-0.2, -0.15) is 0 Å². The van der Waals surface area contributed by atoms with Gasteiger partial charge in [-0.05, 0) is 24.1 Å². The number of nitrogens with one attached hydrogen (secondary N) is 2. The maximum atomic E-state index is 11.5. The normalized spacial score (nSPS) is 11.2. The zero-order valence-corrected chi connectivity index (χ0v) is 11.4. The molecule has 100 valence electrons. The van der Waals surface area contributed by atoms with Crippen LogP contribution in [0.3, 0.4) is 0 Å². The summed E-state index contributed by atoms with van der Waals surface area (Å²) < 4.78 is 25.4. The summed E-state index contributed by atoms with van der Waals surface area (Å²) in [6.45, 7) is 2.06. The van der Waals surface area contributed by atoms with E-state index in [1.807, 2.05) is 6.92 Å². The molecule has 0 fully saturated rings. The second-order valence-electron chi connectivity index (χ2n) is 3.92. The summed E-state index contributed by atoms with van der Waals surface area (Å²) in [4.78, 5) is 11.3. The molecule has 0 saturated carbocycles. The lowest BCUT2D eigenvalue weighted by Crippen LogP contribution is -2.25. The third-order valence-electron chi connectivity index (χ3n) is 2.41. The van der Waals surface area contributed by atoms with Gasteiger partial charge in [-0.25, -0.2) is 13.1 Å². The molecule has 0 aliphatic carbocycles. The van der Waals surface area contributed by atoms with Gasteiger partial charge in [-0.1, -0.05) is 19.1 Å². The third-order valence-corrected chi connectivity index (χ3v) is 3.94. The van der Waals surface area contributed by atoms with Crippen LogP contribution in [0.2, 0.25) is 0 Å². The van der Waals surface area contributed by atoms with Crippen molar-refractivity contribution < 1.29 is 13.2 Å². The fourth-order valence-electron chi connectivity index (χ4n) is 1.45. The van der Waals surface area contributed by atoms with Crippen LogP contribution in [-0.2, 0) is 16.6 Å². The number of benzene rings is 1. The Hall–Kier alpha value is -1.40. The molecule has 0 aromatic heterocycles. The Kier molecular flexibility index (Phi) is 5.30. The van der Waals surface area contributed by atoms with Crippen molar-refractivity contribution >= 4 is 15.9 Å². The van der Waals surface area contributed by atoms with Gasteiger partial charge in [0.25, 0.3) is 5.91 Å². The van der Waals surface area contributed by atoms with Gasteiger partial charge in [-0.15, -0.1) is 0 Å². The summed E-state index contributed by atoms with van der Waals surface area (Å²) in [5.74, 6) is -0.0309. The van der Waals surface area contributed by atoms with E-state index >= 15 is 0 Å². The zero-order chi connectivity index (χ0) is 13.6. The van der Waals surface area contributed by atoms with Crippen molar-refractivity contribution in [2.24, 2.45) is 0 Å². The average molecular weight is 270 g/mol. The first kappa shape index (κ1) is 14.7. The summed E-state index contributed by atoms with van der Waals surface area (Å²) in [7, 11) is -1.63. The summed E-state index contributed by atoms with van der Waals surface area (Å²) in [6, 6.07) is 6.81. The smallest absolute Gasteiger partial charge is 0.251 e. The van der Waals surface area contributed by atoms with Gasteiger partial charge in [0.2, 0.25) is 10.0 Å². The Morgan fingerprint density at radius 3 is 2.33 bits per heavy atom. The van der Waals surface area contributed by atoms with E-state index in [4.69, 9.17) is 0 Å². The van der Waals surface area contributed by atoms with E-state index in [0.717, 1.165) is 5.56 Å². The van der Waals surface area contributed by atoms with E-state index in [0.29, 0.717) is 12.0 Å². The minimum atomic E-state index is -3.19. The molecule has 1 rings (SSSR count). The van der Waals surface area contributed by atoms with Gasteiger partial charge >= 0.3 is 0 Å². The fraction of sp³-hybridized carbons (Fsp3) is 0.417. The molecular weight excluding hydrogens is 252 g/mol. The summed E-state index contributed by atoms with van der Waals surface area (Å²) in [6.07, 6.45) is 0.588. The van der Waals surface area contributed by atoms with Crippen molar-refractivity contribution in [2.75, 3.05) is 12.8 Å². The Balaban J connectivity index is 2.62. The maximum Gasteiger partial charge on any atom is 0.251 e. The second kappa shape index (κ2) is 6.51. The topological polar surface area (TPSA) is 75.3 Å². The van der Waals surface area contributed by atoms with Gasteiger partial charge in [0.15, 0.2) is 0 Å². The number of amides is 1. The molecule has 0 saturated heterocycles. The van der Waals surface area contributed by atoms with E-state index in [9.17, 15) is 13.2 Å². The van der Waals surface area contributed by atoms with E-state index in [2.05, 4.69) is 10.0 Å². The Bertz CT molecular complexity index is 495. The molecule has 18 heavy (non-hydrogen) atoms. The van der Waals surface area contributed by atoms with Crippen LogP contribution in [0.25, 0.3) is 0 Å². The van der Waals surface area contributed by atoms with Crippen LogP contribution in [0.4, 0.5) is 0 Å². The molecule has 0 heterocycles. The predicted octanol–water partition coefficient (Wildman–Crippen LogP) is 0.876. The Morgan fingerprint density at radius 1 is 1.22 bits per heavy atom. The highest BCUT2D eigenvalue weighted by atomic mass is 32.2. The van der Waals surface area contributed by atoms with Crippen molar-refractivity contribution in [3.63, 3.8) is 0 Å². The van der Waals surface area contributed by atoms with E-state index in [1.54, 1.807) is 31.3 Å². The highest BCUT2D eigenvalue weighted by molar-refractivity contribution is 7.89. The molecule has 6 heteroatoms. The molecule has 0 atom stereocenters. The van der Waals surface area contributed by atoms with Gasteiger partial charge in [0, 0.05) is 19.2 Å². The molecule has 0 radical (unpaired) electrons. The maximum absolute atomic E-state index is 11.5. The number of hydrogen-bond donors (Lipinski definition) is 2. The van der Waals surface area contributed by atoms with Crippen LogP contribution in [-0.4, -0.2) is 27.1 Å². The van der Waals surface area contributed by atoms with Gasteiger partial charge in [0.1, 0.15) is 0 Å². The van der Waals surface area contributed by atoms with Crippen molar-refractivity contribution in [3.05, 3.63) is 35.4 Å². The second-order valence-corrected chi connectivity index (χ2v) is 5.84. The molecule has 5 nitrogen and oxygen atoms in total. The van der Waals surface area contributed by atoms with Crippen molar-refractivity contribution in [3.8, 4) is 0 Å². The van der Waals surface area contributed by atoms with Gasteiger partial charge in [-0.3, -0.25) is 4.79 Å². The van der Waals surface area contributed by atoms with E-state index < -0.39 is 10.0 Å². The molecular formula is C12H18N2O3S. The van der Waals surface area contributed by atoms with Crippen molar-refractivity contribution in [2.45, 2.75) is 19.9 Å². The SMILES string of the molecule is CCCS(=O)(=O)NCc1ccc(C(=O)NC)cc1.